The molecule has 0 saturated carbocycles. The van der Waals surface area contributed by atoms with Gasteiger partial charge in [-0.15, -0.1) is 0 Å². The Morgan fingerprint density at radius 1 is 0.312 bits per heavy atom. The van der Waals surface area contributed by atoms with E-state index in [0.29, 0.717) is 19.3 Å². The maximum absolute atomic E-state index is 12.9. The Morgan fingerprint density at radius 3 is 0.903 bits per heavy atom. The molecule has 0 rings (SSSR count). The third-order valence-corrected chi connectivity index (χ3v) is 18.2. The molecular formula is C75H138O16P2. The lowest BCUT2D eigenvalue weighted by Crippen LogP contribution is -2.30. The Kier molecular flexibility index (Phi) is 67.1. The molecule has 18 heteroatoms. The van der Waals surface area contributed by atoms with Crippen LogP contribution in [0.1, 0.15) is 342 Å². The van der Waals surface area contributed by atoms with Crippen LogP contribution in [0.4, 0.5) is 0 Å². The van der Waals surface area contributed by atoms with Crippen molar-refractivity contribution >= 4 is 33.6 Å². The van der Waals surface area contributed by atoms with Crippen LogP contribution < -0.4 is 0 Å². The van der Waals surface area contributed by atoms with Crippen LogP contribution in [-0.4, -0.2) is 95.9 Å². The quantitative estimate of drug-likeness (QED) is 0.0146. The fraction of sp³-hybridized carbons (Fsp3) is 0.827. The number of allylic oxidation sites excluding steroid dienone is 10. The molecule has 0 aliphatic carbocycles. The van der Waals surface area contributed by atoms with Gasteiger partial charge in [-0.2, -0.15) is 0 Å². The summed E-state index contributed by atoms with van der Waals surface area (Å²) in [5.74, 6) is -1.55. The van der Waals surface area contributed by atoms with E-state index in [2.05, 4.69) is 81.5 Å². The summed E-state index contributed by atoms with van der Waals surface area (Å²) < 4.78 is 60.9. The number of phosphoric ester groups is 2. The number of hydrogen-bond donors (Lipinski definition) is 4. The molecule has 0 heterocycles. The lowest BCUT2D eigenvalue weighted by Gasteiger charge is -2.21. The van der Waals surface area contributed by atoms with Gasteiger partial charge in [-0.05, 0) is 64.2 Å². The molecule has 0 saturated heterocycles. The van der Waals surface area contributed by atoms with E-state index in [1.807, 2.05) is 0 Å². The summed E-state index contributed by atoms with van der Waals surface area (Å²) in [6.45, 7) is 2.60. The minimum absolute atomic E-state index is 0.113. The Labute approximate surface area is 567 Å². The van der Waals surface area contributed by atoms with Crippen LogP contribution in [0.25, 0.3) is 0 Å². The van der Waals surface area contributed by atoms with Crippen LogP contribution >= 0.6 is 15.6 Å². The highest BCUT2D eigenvalue weighted by atomic mass is 31.2. The molecule has 0 aliphatic heterocycles. The molecule has 0 aliphatic rings. The van der Waals surface area contributed by atoms with Crippen molar-refractivity contribution in [3.8, 4) is 0 Å². The Balaban J connectivity index is 4.26. The fourth-order valence-corrected chi connectivity index (χ4v) is 12.1. The number of hydrogen-bond acceptors (Lipinski definition) is 14. The highest BCUT2D eigenvalue weighted by Crippen LogP contribution is 2.45. The Hall–Kier alpha value is -2.75. The van der Waals surface area contributed by atoms with Crippen molar-refractivity contribution in [1.29, 1.82) is 0 Å². The largest absolute Gasteiger partial charge is 0.472 e. The minimum atomic E-state index is -4.91. The predicted octanol–water partition coefficient (Wildman–Crippen LogP) is 21.3. The van der Waals surface area contributed by atoms with Gasteiger partial charge in [0, 0.05) is 19.3 Å². The van der Waals surface area contributed by atoms with E-state index < -0.39 is 91.5 Å². The zero-order chi connectivity index (χ0) is 68.1. The first-order valence-electron chi connectivity index (χ1n) is 37.6. The molecule has 0 fully saturated rings. The van der Waals surface area contributed by atoms with Crippen molar-refractivity contribution in [3.63, 3.8) is 0 Å². The zero-order valence-electron chi connectivity index (χ0n) is 59.2. The molecular weight excluding hydrogens is 1220 g/mol. The van der Waals surface area contributed by atoms with Crippen molar-refractivity contribution in [2.24, 2.45) is 0 Å². The minimum Gasteiger partial charge on any atom is -0.463 e. The van der Waals surface area contributed by atoms with Gasteiger partial charge in [-0.1, -0.05) is 319 Å². The average molecular weight is 1360 g/mol. The maximum atomic E-state index is 12.9. The molecule has 5 unspecified atom stereocenters. The zero-order valence-corrected chi connectivity index (χ0v) is 61.0. The van der Waals surface area contributed by atoms with Gasteiger partial charge in [0.25, 0.3) is 0 Å². The molecule has 0 spiro atoms. The normalized spacial score (nSPS) is 14.4. The second kappa shape index (κ2) is 69.2. The molecule has 0 bridgehead atoms. The van der Waals surface area contributed by atoms with Crippen molar-refractivity contribution in [3.05, 3.63) is 60.8 Å². The summed E-state index contributed by atoms with van der Waals surface area (Å²) in [4.78, 5) is 58.3. The first kappa shape index (κ1) is 90.2. The molecule has 0 radical (unpaired) electrons. The number of rotatable bonds is 72. The van der Waals surface area contributed by atoms with Crippen molar-refractivity contribution < 1.29 is 75.8 Å². The number of ether oxygens (including phenoxy) is 3. The molecule has 93 heavy (non-hydrogen) atoms. The summed E-state index contributed by atoms with van der Waals surface area (Å²) in [6, 6.07) is 0. The molecule has 4 N–H and O–H groups in total. The highest BCUT2D eigenvalue weighted by molar-refractivity contribution is 7.47. The van der Waals surface area contributed by atoms with Crippen molar-refractivity contribution in [1.82, 2.24) is 0 Å². The topological polar surface area (TPSA) is 231 Å². The van der Waals surface area contributed by atoms with E-state index in [1.54, 1.807) is 0 Å². The van der Waals surface area contributed by atoms with Gasteiger partial charge in [-0.25, -0.2) is 9.13 Å². The second-order valence-corrected chi connectivity index (χ2v) is 28.3. The highest BCUT2D eigenvalue weighted by Gasteiger charge is 2.29. The van der Waals surface area contributed by atoms with Crippen LogP contribution in [0.3, 0.4) is 0 Å². The van der Waals surface area contributed by atoms with E-state index in [9.17, 15) is 43.5 Å². The lowest BCUT2D eigenvalue weighted by atomic mass is 10.0. The Bertz CT molecular complexity index is 1940. The SMILES string of the molecule is CC/C=C\C/C=C\C/C=C\C/C=C\C/C=C\CCCCCCCCCCCCCCCCCCCC(=O)OCC(O)COP(=O)(O)OCC(O)COP(=O)(O)OCC(COC(=O)CCCCCCCCCCCCCCC)OC(=O)CCCCCCCCCCCCC. The first-order valence-corrected chi connectivity index (χ1v) is 40.6. The lowest BCUT2D eigenvalue weighted by molar-refractivity contribution is -0.161. The van der Waals surface area contributed by atoms with Crippen LogP contribution in [0.2, 0.25) is 0 Å². The number of carbonyl (C=O) groups is 3. The second-order valence-electron chi connectivity index (χ2n) is 25.4. The third kappa shape index (κ3) is 70.4. The fourth-order valence-electron chi connectivity index (χ4n) is 10.5. The van der Waals surface area contributed by atoms with Gasteiger partial charge in [0.1, 0.15) is 25.4 Å². The van der Waals surface area contributed by atoms with Crippen LogP contribution in [0.15, 0.2) is 60.8 Å². The number of esters is 3. The molecule has 16 nitrogen and oxygen atoms in total. The molecule has 0 aromatic carbocycles. The predicted molar refractivity (Wildman–Crippen MR) is 381 cm³/mol. The van der Waals surface area contributed by atoms with Gasteiger partial charge in [0.05, 0.1) is 26.4 Å². The first-order chi connectivity index (χ1) is 45.2. The molecule has 0 aromatic heterocycles. The molecule has 0 aromatic rings. The number of aliphatic hydroxyl groups is 2. The maximum Gasteiger partial charge on any atom is 0.472 e. The van der Waals surface area contributed by atoms with Gasteiger partial charge < -0.3 is 34.2 Å². The van der Waals surface area contributed by atoms with Gasteiger partial charge in [0.15, 0.2) is 6.10 Å². The monoisotopic (exact) mass is 1360 g/mol. The summed E-state index contributed by atoms with van der Waals surface area (Å²) in [5, 5.41) is 20.6. The third-order valence-electron chi connectivity index (χ3n) is 16.3. The van der Waals surface area contributed by atoms with E-state index >= 15 is 0 Å². The Morgan fingerprint density at radius 2 is 0.570 bits per heavy atom. The summed E-state index contributed by atoms with van der Waals surface area (Å²) in [5.41, 5.74) is 0. The number of unbranched alkanes of at least 4 members (excludes halogenated alkanes) is 39. The van der Waals surface area contributed by atoms with E-state index in [0.717, 1.165) is 96.3 Å². The summed E-state index contributed by atoms with van der Waals surface area (Å²) >= 11 is 0. The summed E-state index contributed by atoms with van der Waals surface area (Å²) in [6.07, 6.45) is 73.1. The number of carbonyl (C=O) groups excluding carboxylic acids is 3. The number of aliphatic hydroxyl groups excluding tert-OH is 2. The van der Waals surface area contributed by atoms with Gasteiger partial charge >= 0.3 is 33.6 Å². The summed E-state index contributed by atoms with van der Waals surface area (Å²) in [7, 11) is -9.75. The van der Waals surface area contributed by atoms with Gasteiger partial charge in [0.2, 0.25) is 0 Å². The average Bonchev–Trinajstić information content (AvgIpc) is 3.07. The van der Waals surface area contributed by atoms with Crippen LogP contribution in [0, 0.1) is 0 Å². The van der Waals surface area contributed by atoms with E-state index in [4.69, 9.17) is 32.3 Å². The van der Waals surface area contributed by atoms with E-state index in [1.165, 1.54) is 186 Å². The van der Waals surface area contributed by atoms with Crippen LogP contribution in [-0.2, 0) is 55.8 Å². The van der Waals surface area contributed by atoms with E-state index in [-0.39, 0.29) is 19.3 Å². The standard InChI is InChI=1S/C75H138O16P2/c1-4-7-10-13-16-19-22-24-25-26-27-28-29-30-31-32-33-34-35-36-37-38-39-40-41-42-43-45-48-49-52-55-58-61-73(78)85-64-70(76)65-87-92(81,82)88-66-71(77)67-89-93(83,84)90-69-72(91-75(80)63-60-57-54-51-46-21-18-15-12-9-6-3)68-86-74(79)62-59-56-53-50-47-44-23-20-17-14-11-8-5-2/h7,10,16,19,24-25,27-28,30-31,70-72,76-77H,4-6,8-9,11-15,17-18,20-23,26,29,32-69H2,1-3H3,(H,81,82)(H,83,84)/b10-7-,19-16-,25-24-,28-27-,31-30-. The molecule has 544 valence electrons. The number of phosphoric acid groups is 2. The van der Waals surface area contributed by atoms with Crippen LogP contribution in [0.5, 0.6) is 0 Å². The smallest absolute Gasteiger partial charge is 0.463 e. The van der Waals surface area contributed by atoms with Gasteiger partial charge in [-0.3, -0.25) is 32.5 Å². The molecule has 0 amide bonds. The van der Waals surface area contributed by atoms with Crippen molar-refractivity contribution in [2.75, 3.05) is 39.6 Å². The van der Waals surface area contributed by atoms with Crippen molar-refractivity contribution in [2.45, 2.75) is 360 Å². The molecule has 5 atom stereocenters.